The molecule has 0 aliphatic carbocycles. The third-order valence-corrected chi connectivity index (χ3v) is 1.46. The third kappa shape index (κ3) is 56.9. The summed E-state index contributed by atoms with van der Waals surface area (Å²) in [6.45, 7) is 2.50. The van der Waals surface area contributed by atoms with Gasteiger partial charge in [0.15, 0.2) is 0 Å². The predicted molar refractivity (Wildman–Crippen MR) is 51.0 cm³/mol. The fourth-order valence-electron chi connectivity index (χ4n) is 0.979. The van der Waals surface area contributed by atoms with Crippen molar-refractivity contribution < 1.29 is 87.8 Å². The molecule has 0 aromatic carbocycles. The smallest absolute Gasteiger partial charge is 0.598 e. The first-order valence-corrected chi connectivity index (χ1v) is 6.60. The molecule has 1 aliphatic heterocycles. The topological polar surface area (TPSA) is 133 Å². The summed E-state index contributed by atoms with van der Waals surface area (Å²) in [6.07, 6.45) is 5.65. The molecule has 0 unspecified atom stereocenters. The Bertz CT molecular complexity index is 148. The fraction of sp³-hybridized carbons (Fsp3) is 1.00. The van der Waals surface area contributed by atoms with Crippen molar-refractivity contribution in [1.29, 1.82) is 0 Å². The van der Waals surface area contributed by atoms with Crippen molar-refractivity contribution in [2.24, 2.45) is 0 Å². The first-order chi connectivity index (χ1) is 6.96. The Hall–Kier alpha value is 2.00. The molecule has 11 heteroatoms. The van der Waals surface area contributed by atoms with Gasteiger partial charge in [0.2, 0.25) is 0 Å². The van der Waals surface area contributed by atoms with Crippen LogP contribution in [-0.4, -0.2) is 22.9 Å². The van der Waals surface area contributed by atoms with E-state index in [1.165, 1.54) is 38.8 Å². The molecule has 17 heavy (non-hydrogen) atoms. The van der Waals surface area contributed by atoms with Crippen molar-refractivity contribution in [2.75, 3.05) is 13.1 Å². The minimum atomic E-state index is -3.37. The van der Waals surface area contributed by atoms with Gasteiger partial charge in [-0.15, -0.1) is 9.79 Å². The van der Waals surface area contributed by atoms with Gasteiger partial charge < -0.3 is 15.1 Å². The van der Waals surface area contributed by atoms with Crippen LogP contribution in [-0.2, 0) is 9.13 Å². The number of rotatable bonds is 0. The van der Waals surface area contributed by atoms with Crippen LogP contribution in [0.25, 0.3) is 0 Å². The van der Waals surface area contributed by atoms with E-state index >= 15 is 0 Å². The standard InChI is InChI=1S/C6H13N.2Na.2HO3P/c1-2-4-6-7-5-3-1;;;2*1-4(2)3/h7H,1-6H2;;;(H-,1,2,3);(H,1,2,3)/q;2*+1;;. The summed E-state index contributed by atoms with van der Waals surface area (Å²) < 4.78 is 17.2. The van der Waals surface area contributed by atoms with Gasteiger partial charge in [-0.05, 0) is 25.9 Å². The first kappa shape index (κ1) is 27.4. The van der Waals surface area contributed by atoms with E-state index < -0.39 is 16.5 Å². The average molecular weight is 305 g/mol. The van der Waals surface area contributed by atoms with Crippen LogP contribution in [0.3, 0.4) is 0 Å². The third-order valence-electron chi connectivity index (χ3n) is 1.46. The minimum Gasteiger partial charge on any atom is -0.598 e. The molecule has 0 saturated carbocycles. The molecule has 0 spiro atoms. The Labute approximate surface area is 147 Å². The molecule has 1 fully saturated rings. The monoisotopic (exact) mass is 305 g/mol. The van der Waals surface area contributed by atoms with Crippen LogP contribution in [0.4, 0.5) is 0 Å². The molecular weight excluding hydrogens is 290 g/mol. The minimum absolute atomic E-state index is 0. The maximum atomic E-state index is 8.70. The molecule has 0 aromatic heterocycles. The van der Waals surface area contributed by atoms with E-state index in [2.05, 4.69) is 5.32 Å². The largest absolute Gasteiger partial charge is 1.00 e. The molecule has 1 aliphatic rings. The van der Waals surface area contributed by atoms with Crippen LogP contribution in [0.5, 0.6) is 0 Å². The zero-order chi connectivity index (χ0) is 12.1. The van der Waals surface area contributed by atoms with Crippen LogP contribution in [0.2, 0.25) is 0 Å². The Morgan fingerprint density at radius 3 is 1.35 bits per heavy atom. The number of hydrogen-bond acceptors (Lipinski definition) is 5. The maximum absolute atomic E-state index is 8.70. The van der Waals surface area contributed by atoms with Crippen molar-refractivity contribution in [3.05, 3.63) is 0 Å². The molecule has 0 amide bonds. The molecule has 3 N–H and O–H groups in total. The van der Waals surface area contributed by atoms with Gasteiger partial charge in [-0.25, -0.2) is 0 Å². The van der Waals surface area contributed by atoms with E-state index in [1.54, 1.807) is 0 Å². The summed E-state index contributed by atoms with van der Waals surface area (Å²) in [6, 6.07) is 0. The van der Waals surface area contributed by atoms with Gasteiger partial charge in [0, 0.05) is 4.57 Å². The molecule has 0 bridgehead atoms. The van der Waals surface area contributed by atoms with E-state index in [0.717, 1.165) is 0 Å². The van der Waals surface area contributed by atoms with Crippen LogP contribution in [0.15, 0.2) is 0 Å². The summed E-state index contributed by atoms with van der Waals surface area (Å²) in [5.41, 5.74) is 0. The number of hydrogen-bond donors (Lipinski definition) is 3. The van der Waals surface area contributed by atoms with E-state index in [-0.39, 0.29) is 59.1 Å². The van der Waals surface area contributed by atoms with Crippen LogP contribution in [0.1, 0.15) is 25.7 Å². The van der Waals surface area contributed by atoms with Crippen molar-refractivity contribution in [2.45, 2.75) is 25.7 Å². The van der Waals surface area contributed by atoms with Crippen LogP contribution >= 0.6 is 16.5 Å². The second-order valence-corrected chi connectivity index (χ2v) is 3.59. The van der Waals surface area contributed by atoms with Gasteiger partial charge in [0.05, 0.1) is 0 Å². The molecule has 7 nitrogen and oxygen atoms in total. The summed E-state index contributed by atoms with van der Waals surface area (Å²) in [5.74, 6) is 0. The molecule has 1 heterocycles. The molecular formula is C6H15NNa2O6P2+2. The molecule has 90 valence electrons. The Kier molecular flexibility index (Phi) is 37.2. The second kappa shape index (κ2) is 23.1. The normalized spacial score (nSPS) is 12.9. The van der Waals surface area contributed by atoms with Gasteiger partial charge in [0.25, 0.3) is 8.25 Å². The number of nitrogens with one attached hydrogen (secondary N) is 1. The van der Waals surface area contributed by atoms with Crippen LogP contribution in [0, 0.1) is 0 Å². The molecule has 0 atom stereocenters. The quantitative estimate of drug-likeness (QED) is 0.299. The Balaban J connectivity index is -0.0000000755. The molecule has 1 saturated heterocycles. The van der Waals surface area contributed by atoms with Gasteiger partial charge >= 0.3 is 67.4 Å². The predicted octanol–water partition coefficient (Wildman–Crippen LogP) is -6.85. The Morgan fingerprint density at radius 2 is 1.12 bits per heavy atom. The van der Waals surface area contributed by atoms with Crippen LogP contribution < -0.4 is 74.2 Å². The Morgan fingerprint density at radius 1 is 0.882 bits per heavy atom. The SMILES string of the molecule is C1CCCNCC1.O=[P+](O)O.O=[P+]([O-])[O-].[Na+].[Na+]. The van der Waals surface area contributed by atoms with Crippen molar-refractivity contribution in [1.82, 2.24) is 5.32 Å². The summed E-state index contributed by atoms with van der Waals surface area (Å²) in [5, 5.41) is 3.35. The van der Waals surface area contributed by atoms with E-state index in [9.17, 15) is 0 Å². The second-order valence-electron chi connectivity index (χ2n) is 2.64. The zero-order valence-electron chi connectivity index (χ0n) is 10.2. The van der Waals surface area contributed by atoms with Crippen molar-refractivity contribution in [3.63, 3.8) is 0 Å². The maximum Gasteiger partial charge on any atom is 1.00 e. The van der Waals surface area contributed by atoms with Crippen molar-refractivity contribution in [3.8, 4) is 0 Å². The fourth-order valence-corrected chi connectivity index (χ4v) is 0.979. The van der Waals surface area contributed by atoms with Gasteiger partial charge in [-0.1, -0.05) is 17.4 Å². The summed E-state index contributed by atoms with van der Waals surface area (Å²) >= 11 is 0. The van der Waals surface area contributed by atoms with Gasteiger partial charge in [-0.2, -0.15) is 0 Å². The first-order valence-electron chi connectivity index (χ1n) is 4.34. The van der Waals surface area contributed by atoms with Crippen molar-refractivity contribution >= 4 is 16.5 Å². The zero-order valence-corrected chi connectivity index (χ0v) is 16.0. The van der Waals surface area contributed by atoms with Gasteiger partial charge in [-0.3, -0.25) is 0 Å². The van der Waals surface area contributed by atoms with E-state index in [0.29, 0.717) is 0 Å². The summed E-state index contributed by atoms with van der Waals surface area (Å²) in [4.78, 5) is 31.2. The summed E-state index contributed by atoms with van der Waals surface area (Å²) in [7, 11) is -6.24. The van der Waals surface area contributed by atoms with E-state index in [4.69, 9.17) is 28.7 Å². The molecule has 0 aromatic rings. The molecule has 0 radical (unpaired) electrons. The molecule has 1 rings (SSSR count). The van der Waals surface area contributed by atoms with Gasteiger partial charge in [0.1, 0.15) is 0 Å². The average Bonchev–Trinajstić information content (AvgIpc) is 2.31. The van der Waals surface area contributed by atoms with E-state index in [1.807, 2.05) is 0 Å².